The molecule has 0 aliphatic carbocycles. The lowest BCUT2D eigenvalue weighted by molar-refractivity contribution is -0.136. The number of ether oxygens (including phenoxy) is 1. The van der Waals surface area contributed by atoms with Crippen LogP contribution in [0.5, 0.6) is 5.75 Å². The van der Waals surface area contributed by atoms with Crippen LogP contribution in [0.25, 0.3) is 26.4 Å². The van der Waals surface area contributed by atoms with E-state index in [1.54, 1.807) is 25.3 Å². The third-order valence-corrected chi connectivity index (χ3v) is 8.48. The summed E-state index contributed by atoms with van der Waals surface area (Å²) in [7, 11) is 1.63. The molecule has 2 aliphatic heterocycles. The molecule has 2 aromatic heterocycles. The number of anilines is 1. The summed E-state index contributed by atoms with van der Waals surface area (Å²) in [6, 6.07) is 19.9. The van der Waals surface area contributed by atoms with Crippen molar-refractivity contribution in [1.82, 2.24) is 19.6 Å². The van der Waals surface area contributed by atoms with E-state index in [9.17, 15) is 19.2 Å². The van der Waals surface area contributed by atoms with E-state index < -0.39 is 29.7 Å². The number of hydrogen-bond donors (Lipinski definition) is 2. The fourth-order valence-corrected chi connectivity index (χ4v) is 6.50. The van der Waals surface area contributed by atoms with Crippen LogP contribution in [0.3, 0.4) is 0 Å². The zero-order valence-electron chi connectivity index (χ0n) is 21.8. The van der Waals surface area contributed by atoms with E-state index in [0.717, 1.165) is 37.2 Å². The van der Waals surface area contributed by atoms with Crippen LogP contribution >= 0.6 is 11.3 Å². The number of hydrogen-bond acceptors (Lipinski definition) is 8. The summed E-state index contributed by atoms with van der Waals surface area (Å²) in [6.07, 6.45) is 0.169. The number of piperidine rings is 1. The Labute approximate surface area is 237 Å². The number of rotatable bonds is 6. The number of thiazole rings is 1. The van der Waals surface area contributed by atoms with Crippen molar-refractivity contribution in [3.05, 3.63) is 83.4 Å². The Morgan fingerprint density at radius 1 is 1.00 bits per heavy atom. The number of carbonyl (C=O) groups is 4. The molecule has 2 N–H and O–H groups in total. The maximum atomic E-state index is 13.5. The van der Waals surface area contributed by atoms with Crippen molar-refractivity contribution >= 4 is 56.0 Å². The van der Waals surface area contributed by atoms with Gasteiger partial charge in [-0.3, -0.25) is 33.8 Å². The molecule has 10 nitrogen and oxygen atoms in total. The van der Waals surface area contributed by atoms with Crippen LogP contribution in [0.2, 0.25) is 0 Å². The molecular formula is C30H23N5O5S. The normalized spacial score (nSPS) is 16.9. The quantitative estimate of drug-likeness (QED) is 0.295. The number of benzene rings is 3. The molecule has 1 fully saturated rings. The summed E-state index contributed by atoms with van der Waals surface area (Å²) in [6.45, 7) is 0.542. The highest BCUT2D eigenvalue weighted by molar-refractivity contribution is 7.23. The number of aromatic nitrogens is 2. The van der Waals surface area contributed by atoms with E-state index in [1.807, 2.05) is 52.9 Å². The molecule has 11 heteroatoms. The first-order valence-electron chi connectivity index (χ1n) is 13.1. The molecule has 1 atom stereocenters. The summed E-state index contributed by atoms with van der Waals surface area (Å²) < 4.78 is 8.46. The predicted octanol–water partition coefficient (Wildman–Crippen LogP) is 4.24. The van der Waals surface area contributed by atoms with Crippen molar-refractivity contribution in [2.45, 2.75) is 25.4 Å². The van der Waals surface area contributed by atoms with Crippen LogP contribution in [-0.2, 0) is 16.1 Å². The van der Waals surface area contributed by atoms with Crippen LogP contribution in [0.4, 0.5) is 5.82 Å². The zero-order valence-corrected chi connectivity index (χ0v) is 22.7. The van der Waals surface area contributed by atoms with Crippen molar-refractivity contribution in [3.8, 4) is 17.0 Å². The van der Waals surface area contributed by atoms with Gasteiger partial charge in [0.05, 0.1) is 28.5 Å². The van der Waals surface area contributed by atoms with E-state index in [-0.39, 0.29) is 24.0 Å². The molecule has 1 unspecified atom stereocenters. The van der Waals surface area contributed by atoms with Gasteiger partial charge < -0.3 is 10.1 Å². The van der Waals surface area contributed by atoms with E-state index in [1.165, 1.54) is 11.3 Å². The first kappa shape index (κ1) is 25.0. The second-order valence-electron chi connectivity index (χ2n) is 9.91. The van der Waals surface area contributed by atoms with Gasteiger partial charge in [0.1, 0.15) is 23.3 Å². The molecule has 204 valence electrons. The van der Waals surface area contributed by atoms with Crippen LogP contribution in [0.15, 0.2) is 66.7 Å². The standard InChI is InChI=1S/C30H23N5O5S/c1-40-18-8-10-21-23(14-18)41-30-33-25(26(34(21)30)31-15-16-5-3-2-4-6-16)17-7-9-19-20(13-17)29(39)35(28(19)38)22-11-12-24(36)32-27(22)37/h2-10,13-14,22,31H,11-12,15H2,1H3,(H,32,36,37). The second-order valence-corrected chi connectivity index (χ2v) is 10.9. The molecular weight excluding hydrogens is 542 g/mol. The lowest BCUT2D eigenvalue weighted by Crippen LogP contribution is -2.54. The van der Waals surface area contributed by atoms with Crippen LogP contribution in [0.1, 0.15) is 39.1 Å². The van der Waals surface area contributed by atoms with Gasteiger partial charge in [-0.2, -0.15) is 0 Å². The Morgan fingerprint density at radius 2 is 1.80 bits per heavy atom. The predicted molar refractivity (Wildman–Crippen MR) is 153 cm³/mol. The van der Waals surface area contributed by atoms with Gasteiger partial charge >= 0.3 is 0 Å². The van der Waals surface area contributed by atoms with Crippen molar-refractivity contribution in [3.63, 3.8) is 0 Å². The van der Waals surface area contributed by atoms with Gasteiger partial charge in [0.15, 0.2) is 4.96 Å². The van der Waals surface area contributed by atoms with Crippen LogP contribution in [0, 0.1) is 0 Å². The van der Waals surface area contributed by atoms with Gasteiger partial charge in [-0.25, -0.2) is 4.98 Å². The Morgan fingerprint density at radius 3 is 2.59 bits per heavy atom. The molecule has 1 saturated heterocycles. The average Bonchev–Trinajstić information content (AvgIpc) is 3.60. The Hall–Kier alpha value is -5.03. The molecule has 0 saturated carbocycles. The summed E-state index contributed by atoms with van der Waals surface area (Å²) >= 11 is 1.52. The van der Waals surface area contributed by atoms with E-state index in [4.69, 9.17) is 9.72 Å². The van der Waals surface area contributed by atoms with Gasteiger partial charge in [-0.1, -0.05) is 47.7 Å². The zero-order chi connectivity index (χ0) is 28.2. The number of imidazole rings is 1. The number of carbonyl (C=O) groups excluding carboxylic acids is 4. The maximum absolute atomic E-state index is 13.5. The molecule has 2 aliphatic rings. The van der Waals surface area contributed by atoms with Gasteiger partial charge in [0.25, 0.3) is 11.8 Å². The average molecular weight is 566 g/mol. The van der Waals surface area contributed by atoms with E-state index in [2.05, 4.69) is 10.6 Å². The van der Waals surface area contributed by atoms with Crippen LogP contribution < -0.4 is 15.4 Å². The van der Waals surface area contributed by atoms with Crippen molar-refractivity contribution in [2.24, 2.45) is 0 Å². The molecule has 0 radical (unpaired) electrons. The maximum Gasteiger partial charge on any atom is 0.262 e. The molecule has 41 heavy (non-hydrogen) atoms. The highest BCUT2D eigenvalue weighted by Gasteiger charge is 2.44. The van der Waals surface area contributed by atoms with Gasteiger partial charge in [-0.05, 0) is 42.3 Å². The third kappa shape index (κ3) is 4.04. The molecule has 0 spiro atoms. The molecule has 5 aromatic rings. The monoisotopic (exact) mass is 565 g/mol. The lowest BCUT2D eigenvalue weighted by Gasteiger charge is -2.27. The summed E-state index contributed by atoms with van der Waals surface area (Å²) in [5.41, 5.74) is 3.76. The van der Waals surface area contributed by atoms with E-state index in [0.29, 0.717) is 17.8 Å². The minimum Gasteiger partial charge on any atom is -0.497 e. The summed E-state index contributed by atoms with van der Waals surface area (Å²) in [5, 5.41) is 5.77. The minimum atomic E-state index is -1.02. The van der Waals surface area contributed by atoms with Crippen LogP contribution in [-0.4, -0.2) is 51.1 Å². The number of imide groups is 2. The second kappa shape index (κ2) is 9.56. The number of nitrogens with one attached hydrogen (secondary N) is 2. The summed E-state index contributed by atoms with van der Waals surface area (Å²) in [5.74, 6) is -0.645. The number of methoxy groups -OCH3 is 1. The Kier molecular flexibility index (Phi) is 5.82. The van der Waals surface area contributed by atoms with E-state index >= 15 is 0 Å². The van der Waals surface area contributed by atoms with Crippen molar-refractivity contribution in [1.29, 1.82) is 0 Å². The van der Waals surface area contributed by atoms with Gasteiger partial charge in [-0.15, -0.1) is 0 Å². The molecule has 4 amide bonds. The smallest absolute Gasteiger partial charge is 0.262 e. The molecule has 7 rings (SSSR count). The first-order valence-corrected chi connectivity index (χ1v) is 13.9. The Balaban J connectivity index is 1.31. The molecule has 3 aromatic carbocycles. The fraction of sp³-hybridized carbons (Fsp3) is 0.167. The number of amides is 4. The molecule has 4 heterocycles. The lowest BCUT2D eigenvalue weighted by atomic mass is 10.0. The summed E-state index contributed by atoms with van der Waals surface area (Å²) in [4.78, 5) is 57.4. The highest BCUT2D eigenvalue weighted by atomic mass is 32.1. The Bertz CT molecular complexity index is 1910. The SMILES string of the molecule is COc1ccc2c(c1)sc1nc(-c3ccc4c(c3)C(=O)N(C3CCC(=O)NC3=O)C4=O)c(NCc3ccccc3)n12. The topological polar surface area (TPSA) is 122 Å². The number of nitrogens with zero attached hydrogens (tertiary/aromatic N) is 3. The van der Waals surface area contributed by atoms with Gasteiger partial charge in [0.2, 0.25) is 11.8 Å². The minimum absolute atomic E-state index is 0.0662. The first-order chi connectivity index (χ1) is 19.9. The number of fused-ring (bicyclic) bond motifs is 4. The van der Waals surface area contributed by atoms with Crippen molar-refractivity contribution < 1.29 is 23.9 Å². The highest BCUT2D eigenvalue weighted by Crippen LogP contribution is 2.39. The van der Waals surface area contributed by atoms with Gasteiger partial charge in [0, 0.05) is 18.5 Å². The van der Waals surface area contributed by atoms with Crippen molar-refractivity contribution in [2.75, 3.05) is 12.4 Å². The molecule has 0 bridgehead atoms. The third-order valence-electron chi connectivity index (χ3n) is 7.47. The fourth-order valence-electron chi connectivity index (χ4n) is 5.44. The largest absolute Gasteiger partial charge is 0.497 e.